The summed E-state index contributed by atoms with van der Waals surface area (Å²) >= 11 is 0. The molecule has 1 heterocycles. The van der Waals surface area contributed by atoms with E-state index in [2.05, 4.69) is 9.97 Å². The molecule has 0 saturated heterocycles. The molecule has 0 aliphatic rings. The molecule has 2 aromatic rings. The van der Waals surface area contributed by atoms with E-state index in [1.807, 2.05) is 0 Å². The highest BCUT2D eigenvalue weighted by atomic mass is 16.6. The maximum Gasteiger partial charge on any atom is 0.276 e. The van der Waals surface area contributed by atoms with Crippen molar-refractivity contribution in [3.63, 3.8) is 0 Å². The van der Waals surface area contributed by atoms with Crippen LogP contribution in [0.2, 0.25) is 0 Å². The molecule has 0 aliphatic carbocycles. The molecule has 0 aliphatic heterocycles. The second kappa shape index (κ2) is 6.20. The number of rotatable bonds is 4. The Labute approximate surface area is 110 Å². The van der Waals surface area contributed by atoms with E-state index < -0.39 is 4.92 Å². The monoisotopic (exact) mass is 253 g/mol. The van der Waals surface area contributed by atoms with Gasteiger partial charge in [0, 0.05) is 12.3 Å². The van der Waals surface area contributed by atoms with Gasteiger partial charge in [-0.1, -0.05) is 24.3 Å². The summed E-state index contributed by atoms with van der Waals surface area (Å²) in [6, 6.07) is 8.36. The Kier molecular flexibility index (Phi) is 4.12. The Morgan fingerprint density at radius 1 is 1.11 bits per heavy atom. The number of allylic oxidation sites excluding steroid dienone is 2. The molecular formula is C14H11N3O2. The Morgan fingerprint density at radius 2 is 1.89 bits per heavy atom. The number of para-hydroxylation sites is 1. The van der Waals surface area contributed by atoms with Crippen LogP contribution in [0.1, 0.15) is 11.3 Å². The highest BCUT2D eigenvalue weighted by Crippen LogP contribution is 2.18. The predicted octanol–water partition coefficient (Wildman–Crippen LogP) is 3.11. The van der Waals surface area contributed by atoms with Crippen molar-refractivity contribution in [2.45, 2.75) is 0 Å². The number of benzene rings is 1. The summed E-state index contributed by atoms with van der Waals surface area (Å²) in [6.07, 6.45) is 10.1. The minimum atomic E-state index is -0.395. The summed E-state index contributed by atoms with van der Waals surface area (Å²) in [7, 11) is 0. The second-order valence-electron chi connectivity index (χ2n) is 3.67. The fourth-order valence-corrected chi connectivity index (χ4v) is 1.51. The SMILES string of the molecule is O=[N+]([O-])c1ccccc1/C=C/C=C/c1ccncn1. The van der Waals surface area contributed by atoms with E-state index in [-0.39, 0.29) is 5.69 Å². The van der Waals surface area contributed by atoms with Crippen LogP contribution in [0.15, 0.2) is 55.0 Å². The summed E-state index contributed by atoms with van der Waals surface area (Å²) in [5, 5.41) is 10.8. The largest absolute Gasteiger partial charge is 0.276 e. The van der Waals surface area contributed by atoms with Crippen molar-refractivity contribution in [3.05, 3.63) is 76.4 Å². The van der Waals surface area contributed by atoms with Crippen molar-refractivity contribution in [1.82, 2.24) is 9.97 Å². The molecule has 1 aromatic heterocycles. The van der Waals surface area contributed by atoms with Gasteiger partial charge >= 0.3 is 0 Å². The Bertz CT molecular complexity index is 622. The van der Waals surface area contributed by atoms with Gasteiger partial charge in [0.25, 0.3) is 5.69 Å². The van der Waals surface area contributed by atoms with Crippen LogP contribution in [-0.4, -0.2) is 14.9 Å². The molecule has 0 bridgehead atoms. The summed E-state index contributed by atoms with van der Waals surface area (Å²) in [5.74, 6) is 0. The van der Waals surface area contributed by atoms with Crippen molar-refractivity contribution < 1.29 is 4.92 Å². The van der Waals surface area contributed by atoms with Gasteiger partial charge in [0.2, 0.25) is 0 Å². The highest BCUT2D eigenvalue weighted by Gasteiger charge is 2.08. The zero-order valence-corrected chi connectivity index (χ0v) is 10.0. The maximum absolute atomic E-state index is 10.8. The van der Waals surface area contributed by atoms with E-state index in [0.717, 1.165) is 5.69 Å². The summed E-state index contributed by atoms with van der Waals surface area (Å²) in [5.41, 5.74) is 1.44. The third kappa shape index (κ3) is 3.57. The molecular weight excluding hydrogens is 242 g/mol. The highest BCUT2D eigenvalue weighted by molar-refractivity contribution is 5.63. The number of nitrogens with zero attached hydrogens (tertiary/aromatic N) is 3. The molecule has 0 amide bonds. The van der Waals surface area contributed by atoms with Crippen LogP contribution in [0, 0.1) is 10.1 Å². The minimum absolute atomic E-state index is 0.0918. The Hall–Kier alpha value is -2.82. The maximum atomic E-state index is 10.8. The molecule has 0 radical (unpaired) electrons. The molecule has 19 heavy (non-hydrogen) atoms. The lowest BCUT2D eigenvalue weighted by molar-refractivity contribution is -0.385. The molecule has 1 aromatic carbocycles. The molecule has 0 spiro atoms. The zero-order chi connectivity index (χ0) is 13.5. The van der Waals surface area contributed by atoms with Crippen molar-refractivity contribution in [3.8, 4) is 0 Å². The number of hydrogen-bond acceptors (Lipinski definition) is 4. The Balaban J connectivity index is 2.12. The minimum Gasteiger partial charge on any atom is -0.258 e. The van der Waals surface area contributed by atoms with Crippen LogP contribution < -0.4 is 0 Å². The van der Waals surface area contributed by atoms with E-state index in [4.69, 9.17) is 0 Å². The van der Waals surface area contributed by atoms with Crippen molar-refractivity contribution >= 4 is 17.8 Å². The van der Waals surface area contributed by atoms with Crippen LogP contribution in [0.25, 0.3) is 12.2 Å². The topological polar surface area (TPSA) is 68.9 Å². The predicted molar refractivity (Wildman–Crippen MR) is 73.2 cm³/mol. The molecule has 5 nitrogen and oxygen atoms in total. The van der Waals surface area contributed by atoms with Gasteiger partial charge in [-0.15, -0.1) is 0 Å². The van der Waals surface area contributed by atoms with Crippen molar-refractivity contribution in [2.24, 2.45) is 0 Å². The number of hydrogen-bond donors (Lipinski definition) is 0. The molecule has 0 unspecified atom stereocenters. The lowest BCUT2D eigenvalue weighted by Gasteiger charge is -1.95. The molecule has 2 rings (SSSR count). The van der Waals surface area contributed by atoms with Crippen LogP contribution in [0.4, 0.5) is 5.69 Å². The smallest absolute Gasteiger partial charge is 0.258 e. The van der Waals surface area contributed by atoms with E-state index in [9.17, 15) is 10.1 Å². The van der Waals surface area contributed by atoms with E-state index >= 15 is 0 Å². The van der Waals surface area contributed by atoms with Crippen molar-refractivity contribution in [1.29, 1.82) is 0 Å². The quantitative estimate of drug-likeness (QED) is 0.477. The third-order valence-electron chi connectivity index (χ3n) is 2.39. The van der Waals surface area contributed by atoms with Crippen LogP contribution >= 0.6 is 0 Å². The van der Waals surface area contributed by atoms with Crippen LogP contribution in [0.3, 0.4) is 0 Å². The average Bonchev–Trinajstić information content (AvgIpc) is 2.45. The molecule has 0 fully saturated rings. The molecule has 0 atom stereocenters. The van der Waals surface area contributed by atoms with Gasteiger partial charge in [-0.2, -0.15) is 0 Å². The lowest BCUT2D eigenvalue weighted by atomic mass is 10.1. The molecule has 0 N–H and O–H groups in total. The van der Waals surface area contributed by atoms with Crippen molar-refractivity contribution in [2.75, 3.05) is 0 Å². The van der Waals surface area contributed by atoms with Gasteiger partial charge in [-0.25, -0.2) is 9.97 Å². The van der Waals surface area contributed by atoms with E-state index in [1.54, 1.807) is 54.8 Å². The van der Waals surface area contributed by atoms with Gasteiger partial charge in [0.05, 0.1) is 16.2 Å². The first-order valence-corrected chi connectivity index (χ1v) is 5.61. The average molecular weight is 253 g/mol. The summed E-state index contributed by atoms with van der Waals surface area (Å²) in [4.78, 5) is 18.3. The van der Waals surface area contributed by atoms with Crippen LogP contribution in [0.5, 0.6) is 0 Å². The normalized spacial score (nSPS) is 11.2. The summed E-state index contributed by atoms with van der Waals surface area (Å²) < 4.78 is 0. The number of nitro groups is 1. The van der Waals surface area contributed by atoms with Gasteiger partial charge in [-0.05, 0) is 24.3 Å². The Morgan fingerprint density at radius 3 is 2.63 bits per heavy atom. The van der Waals surface area contributed by atoms with Gasteiger partial charge in [0.1, 0.15) is 6.33 Å². The molecule has 0 saturated carbocycles. The number of nitro benzene ring substituents is 1. The first-order valence-electron chi connectivity index (χ1n) is 5.61. The zero-order valence-electron chi connectivity index (χ0n) is 10.0. The van der Waals surface area contributed by atoms with E-state index in [0.29, 0.717) is 5.56 Å². The lowest BCUT2D eigenvalue weighted by Crippen LogP contribution is -1.90. The molecule has 94 valence electrons. The number of aromatic nitrogens is 2. The van der Waals surface area contributed by atoms with Gasteiger partial charge in [0.15, 0.2) is 0 Å². The second-order valence-corrected chi connectivity index (χ2v) is 3.67. The first kappa shape index (κ1) is 12.6. The third-order valence-corrected chi connectivity index (χ3v) is 2.39. The summed E-state index contributed by atoms with van der Waals surface area (Å²) in [6.45, 7) is 0. The van der Waals surface area contributed by atoms with E-state index in [1.165, 1.54) is 12.4 Å². The molecule has 5 heteroatoms. The van der Waals surface area contributed by atoms with Gasteiger partial charge in [-0.3, -0.25) is 10.1 Å². The van der Waals surface area contributed by atoms with Gasteiger partial charge < -0.3 is 0 Å². The van der Waals surface area contributed by atoms with Crippen LogP contribution in [-0.2, 0) is 0 Å². The first-order chi connectivity index (χ1) is 9.27. The fourth-order valence-electron chi connectivity index (χ4n) is 1.51. The fraction of sp³-hybridized carbons (Fsp3) is 0. The standard InChI is InChI=1S/C14H11N3O2/c18-17(19)14-8-4-2-6-12(14)5-1-3-7-13-9-10-15-11-16-13/h1-11H/b5-1+,7-3+.